The summed E-state index contributed by atoms with van der Waals surface area (Å²) in [7, 11) is 0. The number of rotatable bonds is 3. The molecule has 0 bridgehead atoms. The Bertz CT molecular complexity index is 1200. The number of carbonyl (C=O) groups is 1. The van der Waals surface area contributed by atoms with Gasteiger partial charge < -0.3 is 5.32 Å². The lowest BCUT2D eigenvalue weighted by Crippen LogP contribution is -2.14. The van der Waals surface area contributed by atoms with Gasteiger partial charge in [-0.25, -0.2) is 13.2 Å². The third-order valence-electron chi connectivity index (χ3n) is 4.49. The Morgan fingerprint density at radius 2 is 1.68 bits per heavy atom. The molecule has 1 aromatic heterocycles. The fourth-order valence-corrected chi connectivity index (χ4v) is 4.30. The van der Waals surface area contributed by atoms with Gasteiger partial charge in [0.05, 0.1) is 10.6 Å². The highest BCUT2D eigenvalue weighted by molar-refractivity contribution is 7.21. The van der Waals surface area contributed by atoms with Crippen molar-refractivity contribution in [2.45, 2.75) is 6.92 Å². The van der Waals surface area contributed by atoms with Gasteiger partial charge in [0, 0.05) is 21.7 Å². The normalized spacial score (nSPS) is 11.0. The van der Waals surface area contributed by atoms with Crippen molar-refractivity contribution < 1.29 is 18.0 Å². The first-order chi connectivity index (χ1) is 13.5. The first-order valence-corrected chi connectivity index (χ1v) is 9.31. The number of nitrogens with one attached hydrogen (secondary N) is 1. The second-order valence-corrected chi connectivity index (χ2v) is 7.35. The third-order valence-corrected chi connectivity index (χ3v) is 5.74. The third kappa shape index (κ3) is 3.16. The van der Waals surface area contributed by atoms with Gasteiger partial charge in [-0.2, -0.15) is 0 Å². The number of thiophene rings is 1. The molecule has 0 aliphatic rings. The molecule has 3 aromatic carbocycles. The van der Waals surface area contributed by atoms with Crippen LogP contribution in [-0.2, 0) is 0 Å². The van der Waals surface area contributed by atoms with E-state index in [4.69, 9.17) is 0 Å². The number of benzene rings is 3. The van der Waals surface area contributed by atoms with Crippen LogP contribution in [0.2, 0.25) is 0 Å². The fourth-order valence-electron chi connectivity index (χ4n) is 3.19. The van der Waals surface area contributed by atoms with Crippen molar-refractivity contribution in [1.82, 2.24) is 0 Å². The largest absolute Gasteiger partial charge is 0.318 e. The smallest absolute Gasteiger partial charge is 0.266 e. The molecule has 0 saturated heterocycles. The summed E-state index contributed by atoms with van der Waals surface area (Å²) in [6.07, 6.45) is 0. The van der Waals surface area contributed by atoms with E-state index >= 15 is 0 Å². The number of hydrogen-bond donors (Lipinski definition) is 1. The summed E-state index contributed by atoms with van der Waals surface area (Å²) in [6.45, 7) is 1.65. The van der Waals surface area contributed by atoms with Gasteiger partial charge in [-0.1, -0.05) is 36.4 Å². The van der Waals surface area contributed by atoms with Crippen molar-refractivity contribution in [3.63, 3.8) is 0 Å². The predicted octanol–water partition coefficient (Wildman–Crippen LogP) is 6.55. The number of amides is 1. The number of anilines is 1. The highest BCUT2D eigenvalue weighted by Gasteiger charge is 2.21. The lowest BCUT2D eigenvalue weighted by molar-refractivity contribution is 0.102. The van der Waals surface area contributed by atoms with Crippen molar-refractivity contribution >= 4 is 33.0 Å². The van der Waals surface area contributed by atoms with Crippen LogP contribution in [0.25, 0.3) is 21.2 Å². The second-order valence-electron chi connectivity index (χ2n) is 6.30. The van der Waals surface area contributed by atoms with Crippen LogP contribution in [0, 0.1) is 24.4 Å². The first kappa shape index (κ1) is 18.3. The summed E-state index contributed by atoms with van der Waals surface area (Å²) in [5.74, 6) is -2.60. The Labute approximate surface area is 163 Å². The van der Waals surface area contributed by atoms with Gasteiger partial charge in [0.1, 0.15) is 17.5 Å². The molecule has 140 valence electrons. The van der Waals surface area contributed by atoms with Crippen LogP contribution in [0.15, 0.2) is 60.7 Å². The molecule has 0 aliphatic carbocycles. The number of hydrogen-bond acceptors (Lipinski definition) is 2. The van der Waals surface area contributed by atoms with E-state index in [-0.39, 0.29) is 16.1 Å². The van der Waals surface area contributed by atoms with Crippen molar-refractivity contribution in [3.8, 4) is 11.1 Å². The second kappa shape index (κ2) is 7.13. The minimum Gasteiger partial charge on any atom is -0.318 e. The monoisotopic (exact) mass is 397 g/mol. The van der Waals surface area contributed by atoms with Crippen LogP contribution in [0.5, 0.6) is 0 Å². The SMILES string of the molecule is Cc1c(C(=O)Nc2c(F)cc(F)cc2-c2ccccc2)sc2cccc(F)c12. The molecule has 0 radical (unpaired) electrons. The van der Waals surface area contributed by atoms with E-state index in [2.05, 4.69) is 5.32 Å². The number of fused-ring (bicyclic) bond motifs is 1. The van der Waals surface area contributed by atoms with Crippen LogP contribution in [0.4, 0.5) is 18.9 Å². The molecule has 2 nitrogen and oxygen atoms in total. The highest BCUT2D eigenvalue weighted by Crippen LogP contribution is 2.35. The van der Waals surface area contributed by atoms with E-state index in [1.807, 2.05) is 0 Å². The van der Waals surface area contributed by atoms with Crippen molar-refractivity contribution in [2.75, 3.05) is 5.32 Å². The molecule has 0 saturated carbocycles. The maximum absolute atomic E-state index is 14.5. The Kier molecular flexibility index (Phi) is 4.65. The van der Waals surface area contributed by atoms with Crippen molar-refractivity contribution in [1.29, 1.82) is 0 Å². The fraction of sp³-hybridized carbons (Fsp3) is 0.0455. The van der Waals surface area contributed by atoms with Gasteiger partial charge >= 0.3 is 0 Å². The van der Waals surface area contributed by atoms with Crippen molar-refractivity contribution in [3.05, 3.63) is 88.6 Å². The van der Waals surface area contributed by atoms with Crippen molar-refractivity contribution in [2.24, 2.45) is 0 Å². The zero-order chi connectivity index (χ0) is 19.8. The molecule has 1 N–H and O–H groups in total. The summed E-state index contributed by atoms with van der Waals surface area (Å²) < 4.78 is 43.1. The van der Waals surface area contributed by atoms with Gasteiger partial charge in [0.2, 0.25) is 0 Å². The molecule has 1 heterocycles. The number of halogens is 3. The topological polar surface area (TPSA) is 29.1 Å². The van der Waals surface area contributed by atoms with E-state index in [1.54, 1.807) is 49.4 Å². The lowest BCUT2D eigenvalue weighted by Gasteiger charge is -2.13. The minimum atomic E-state index is -0.878. The average molecular weight is 397 g/mol. The van der Waals surface area contributed by atoms with E-state index in [9.17, 15) is 18.0 Å². The van der Waals surface area contributed by atoms with Crippen LogP contribution in [-0.4, -0.2) is 5.91 Å². The van der Waals surface area contributed by atoms with Crippen LogP contribution in [0.1, 0.15) is 15.2 Å². The Hall–Kier alpha value is -3.12. The summed E-state index contributed by atoms with van der Waals surface area (Å²) >= 11 is 1.13. The van der Waals surface area contributed by atoms with Crippen LogP contribution >= 0.6 is 11.3 Å². The first-order valence-electron chi connectivity index (χ1n) is 8.49. The van der Waals surface area contributed by atoms with Crippen LogP contribution in [0.3, 0.4) is 0 Å². The molecule has 1 amide bonds. The van der Waals surface area contributed by atoms with E-state index in [1.165, 1.54) is 12.1 Å². The van der Waals surface area contributed by atoms with Gasteiger partial charge in [0.15, 0.2) is 0 Å². The lowest BCUT2D eigenvalue weighted by atomic mass is 10.0. The Morgan fingerprint density at radius 1 is 0.929 bits per heavy atom. The molecule has 4 rings (SSSR count). The summed E-state index contributed by atoms with van der Waals surface area (Å²) in [6, 6.07) is 15.2. The molecule has 0 aliphatic heterocycles. The molecule has 28 heavy (non-hydrogen) atoms. The Morgan fingerprint density at radius 3 is 2.39 bits per heavy atom. The van der Waals surface area contributed by atoms with Gasteiger partial charge in [-0.15, -0.1) is 11.3 Å². The van der Waals surface area contributed by atoms with Crippen LogP contribution < -0.4 is 5.32 Å². The molecule has 4 aromatic rings. The molecule has 0 unspecified atom stereocenters. The molecule has 0 spiro atoms. The molecular formula is C22H14F3NOS. The van der Waals surface area contributed by atoms with E-state index in [0.717, 1.165) is 17.4 Å². The zero-order valence-electron chi connectivity index (χ0n) is 14.7. The standard InChI is InChI=1S/C22H14F3NOS/c1-12-19-16(24)8-5-9-18(19)28-21(12)22(27)26-20-15(10-14(23)11-17(20)25)13-6-3-2-4-7-13/h2-11H,1H3,(H,26,27). The molecule has 6 heteroatoms. The maximum Gasteiger partial charge on any atom is 0.266 e. The van der Waals surface area contributed by atoms with E-state index < -0.39 is 23.4 Å². The highest BCUT2D eigenvalue weighted by atomic mass is 32.1. The number of aryl methyl sites for hydroxylation is 1. The minimum absolute atomic E-state index is 0.116. The van der Waals surface area contributed by atoms with Gasteiger partial charge in [0.25, 0.3) is 5.91 Å². The zero-order valence-corrected chi connectivity index (χ0v) is 15.5. The van der Waals surface area contributed by atoms with E-state index in [0.29, 0.717) is 21.2 Å². The summed E-state index contributed by atoms with van der Waals surface area (Å²) in [5.41, 5.74) is 1.17. The molecule has 0 fully saturated rings. The quantitative estimate of drug-likeness (QED) is 0.417. The molecular weight excluding hydrogens is 383 g/mol. The maximum atomic E-state index is 14.5. The Balaban J connectivity index is 1.79. The summed E-state index contributed by atoms with van der Waals surface area (Å²) in [4.78, 5) is 13.1. The summed E-state index contributed by atoms with van der Waals surface area (Å²) in [5, 5.41) is 2.92. The number of carbonyl (C=O) groups excluding carboxylic acids is 1. The predicted molar refractivity (Wildman–Crippen MR) is 106 cm³/mol. The van der Waals surface area contributed by atoms with Gasteiger partial charge in [-0.3, -0.25) is 4.79 Å². The van der Waals surface area contributed by atoms with Gasteiger partial charge in [-0.05, 0) is 36.2 Å². The molecule has 0 atom stereocenters. The average Bonchev–Trinajstić information content (AvgIpc) is 3.02.